The minimum Gasteiger partial charge on any atom is -0.467 e. The molecule has 2 unspecified atom stereocenters. The van der Waals surface area contributed by atoms with Crippen LogP contribution in [0.1, 0.15) is 41.5 Å². The zero-order valence-electron chi connectivity index (χ0n) is 10.8. The van der Waals surface area contributed by atoms with Gasteiger partial charge in [0.15, 0.2) is 5.69 Å². The van der Waals surface area contributed by atoms with E-state index in [4.69, 9.17) is 8.94 Å². The molecule has 2 atom stereocenters. The second kappa shape index (κ2) is 5.71. The largest absolute Gasteiger partial charge is 0.467 e. The summed E-state index contributed by atoms with van der Waals surface area (Å²) in [6.07, 6.45) is 1.11. The minimum atomic E-state index is -0.746. The summed E-state index contributed by atoms with van der Waals surface area (Å²) in [5.74, 6) is 0.739. The Balaban J connectivity index is 1.87. The molecule has 19 heavy (non-hydrogen) atoms. The highest BCUT2D eigenvalue weighted by Crippen LogP contribution is 2.18. The third-order valence-electron chi connectivity index (χ3n) is 2.69. The summed E-state index contributed by atoms with van der Waals surface area (Å²) in [5.41, 5.74) is 0.233. The number of carbonyl (C=O) groups excluding carboxylic acids is 1. The van der Waals surface area contributed by atoms with E-state index in [0.717, 1.165) is 0 Å². The van der Waals surface area contributed by atoms with E-state index < -0.39 is 6.10 Å². The summed E-state index contributed by atoms with van der Waals surface area (Å²) >= 11 is 0. The number of amides is 1. The van der Waals surface area contributed by atoms with Crippen LogP contribution in [0.4, 0.5) is 0 Å². The van der Waals surface area contributed by atoms with Crippen molar-refractivity contribution in [1.82, 2.24) is 10.5 Å². The number of aryl methyl sites for hydroxylation is 1. The first-order valence-electron chi connectivity index (χ1n) is 6.02. The molecular formula is C13H16N2O4. The number of aromatic nitrogens is 1. The monoisotopic (exact) mass is 264 g/mol. The average Bonchev–Trinajstić information content (AvgIpc) is 2.98. The van der Waals surface area contributed by atoms with Crippen LogP contribution in [-0.4, -0.2) is 22.2 Å². The quantitative estimate of drug-likeness (QED) is 0.859. The molecule has 0 saturated heterocycles. The number of aliphatic hydroxyl groups is 1. The lowest BCUT2D eigenvalue weighted by Crippen LogP contribution is -2.33. The molecule has 2 aromatic heterocycles. The third kappa shape index (κ3) is 3.45. The van der Waals surface area contributed by atoms with Crippen molar-refractivity contribution in [2.75, 3.05) is 0 Å². The van der Waals surface area contributed by atoms with Crippen LogP contribution in [0, 0.1) is 6.92 Å². The van der Waals surface area contributed by atoms with Crippen LogP contribution in [0.25, 0.3) is 0 Å². The number of nitrogens with one attached hydrogen (secondary N) is 1. The maximum absolute atomic E-state index is 11.8. The molecule has 6 nitrogen and oxygen atoms in total. The Kier molecular flexibility index (Phi) is 4.01. The third-order valence-corrected chi connectivity index (χ3v) is 2.69. The van der Waals surface area contributed by atoms with Crippen LogP contribution in [0.3, 0.4) is 0 Å². The van der Waals surface area contributed by atoms with E-state index in [-0.39, 0.29) is 17.6 Å². The van der Waals surface area contributed by atoms with E-state index in [1.165, 1.54) is 6.26 Å². The zero-order valence-corrected chi connectivity index (χ0v) is 10.8. The highest BCUT2D eigenvalue weighted by Gasteiger charge is 2.18. The number of nitrogens with zero attached hydrogens (tertiary/aromatic N) is 1. The summed E-state index contributed by atoms with van der Waals surface area (Å²) in [7, 11) is 0. The van der Waals surface area contributed by atoms with Gasteiger partial charge in [-0.3, -0.25) is 4.79 Å². The lowest BCUT2D eigenvalue weighted by Gasteiger charge is -2.15. The van der Waals surface area contributed by atoms with Gasteiger partial charge in [-0.2, -0.15) is 0 Å². The Hall–Kier alpha value is -2.08. The summed E-state index contributed by atoms with van der Waals surface area (Å²) < 4.78 is 9.93. The predicted molar refractivity (Wildman–Crippen MR) is 66.5 cm³/mol. The van der Waals surface area contributed by atoms with Crippen LogP contribution >= 0.6 is 0 Å². The van der Waals surface area contributed by atoms with Gasteiger partial charge in [0.05, 0.1) is 6.26 Å². The van der Waals surface area contributed by atoms with Crippen LogP contribution < -0.4 is 5.32 Å². The van der Waals surface area contributed by atoms with Gasteiger partial charge in [-0.05, 0) is 26.0 Å². The lowest BCUT2D eigenvalue weighted by molar-refractivity contribution is 0.0894. The van der Waals surface area contributed by atoms with Crippen LogP contribution in [0.5, 0.6) is 0 Å². The van der Waals surface area contributed by atoms with Crippen molar-refractivity contribution in [3.63, 3.8) is 0 Å². The van der Waals surface area contributed by atoms with E-state index in [2.05, 4.69) is 10.5 Å². The summed E-state index contributed by atoms with van der Waals surface area (Å²) in [6.45, 7) is 3.52. The number of aliphatic hydroxyl groups excluding tert-OH is 1. The number of carbonyl (C=O) groups is 1. The highest BCUT2D eigenvalue weighted by molar-refractivity contribution is 5.92. The fourth-order valence-electron chi connectivity index (χ4n) is 1.76. The van der Waals surface area contributed by atoms with Crippen molar-refractivity contribution in [3.05, 3.63) is 41.7 Å². The van der Waals surface area contributed by atoms with Crippen LogP contribution in [0.2, 0.25) is 0 Å². The number of rotatable bonds is 5. The molecular weight excluding hydrogens is 248 g/mol. The zero-order chi connectivity index (χ0) is 13.8. The normalized spacial score (nSPS) is 14.1. The van der Waals surface area contributed by atoms with Gasteiger partial charge in [0, 0.05) is 18.5 Å². The van der Waals surface area contributed by atoms with Gasteiger partial charge in [-0.15, -0.1) is 0 Å². The molecule has 0 aliphatic rings. The maximum Gasteiger partial charge on any atom is 0.273 e. The first kappa shape index (κ1) is 13.4. The van der Waals surface area contributed by atoms with E-state index in [1.807, 2.05) is 0 Å². The van der Waals surface area contributed by atoms with Crippen molar-refractivity contribution in [2.45, 2.75) is 32.4 Å². The molecule has 2 rings (SSSR count). The molecule has 0 saturated carbocycles. The van der Waals surface area contributed by atoms with E-state index in [0.29, 0.717) is 17.9 Å². The molecule has 0 spiro atoms. The van der Waals surface area contributed by atoms with E-state index >= 15 is 0 Å². The molecule has 102 valence electrons. The van der Waals surface area contributed by atoms with Gasteiger partial charge in [0.1, 0.15) is 17.6 Å². The standard InChI is InChI=1S/C13H16N2O4/c1-8(6-11(16)12-4-3-5-18-12)14-13(17)10-7-9(2)19-15-10/h3-5,7-8,11,16H,6H2,1-2H3,(H,14,17). The van der Waals surface area contributed by atoms with Crippen molar-refractivity contribution >= 4 is 5.91 Å². The average molecular weight is 264 g/mol. The summed E-state index contributed by atoms with van der Waals surface area (Å²) in [4.78, 5) is 11.8. The Bertz CT molecular complexity index is 533. The van der Waals surface area contributed by atoms with E-state index in [9.17, 15) is 9.90 Å². The second-order valence-electron chi connectivity index (χ2n) is 4.46. The van der Waals surface area contributed by atoms with Gasteiger partial charge in [-0.1, -0.05) is 5.16 Å². The van der Waals surface area contributed by atoms with E-state index in [1.54, 1.807) is 32.0 Å². The molecule has 2 aromatic rings. The molecule has 0 aliphatic heterocycles. The van der Waals surface area contributed by atoms with Gasteiger partial charge in [-0.25, -0.2) is 0 Å². The van der Waals surface area contributed by atoms with Gasteiger partial charge in [0.25, 0.3) is 5.91 Å². The second-order valence-corrected chi connectivity index (χ2v) is 4.46. The van der Waals surface area contributed by atoms with Crippen molar-refractivity contribution < 1.29 is 18.8 Å². The fraction of sp³-hybridized carbons (Fsp3) is 0.385. The van der Waals surface area contributed by atoms with Crippen LogP contribution in [0.15, 0.2) is 33.4 Å². The Labute approximate surface area is 110 Å². The Morgan fingerprint density at radius 2 is 2.37 bits per heavy atom. The number of hydrogen-bond acceptors (Lipinski definition) is 5. The first-order chi connectivity index (χ1) is 9.06. The molecule has 2 heterocycles. The summed E-state index contributed by atoms with van der Waals surface area (Å²) in [5, 5.41) is 16.3. The van der Waals surface area contributed by atoms with Gasteiger partial charge in [0.2, 0.25) is 0 Å². The van der Waals surface area contributed by atoms with Gasteiger partial charge < -0.3 is 19.4 Å². The van der Waals surface area contributed by atoms with Crippen molar-refractivity contribution in [3.8, 4) is 0 Å². The molecule has 0 aliphatic carbocycles. The molecule has 2 N–H and O–H groups in total. The maximum atomic E-state index is 11.8. The molecule has 0 radical (unpaired) electrons. The summed E-state index contributed by atoms with van der Waals surface area (Å²) in [6, 6.07) is 4.75. The predicted octanol–water partition coefficient (Wildman–Crippen LogP) is 1.82. The smallest absolute Gasteiger partial charge is 0.273 e. The molecule has 1 amide bonds. The number of hydrogen-bond donors (Lipinski definition) is 2. The molecule has 0 aromatic carbocycles. The SMILES string of the molecule is Cc1cc(C(=O)NC(C)CC(O)c2ccco2)no1. The first-order valence-corrected chi connectivity index (χ1v) is 6.02. The molecule has 0 bridgehead atoms. The Morgan fingerprint density at radius 1 is 1.58 bits per heavy atom. The van der Waals surface area contributed by atoms with Crippen molar-refractivity contribution in [1.29, 1.82) is 0 Å². The fourth-order valence-corrected chi connectivity index (χ4v) is 1.76. The van der Waals surface area contributed by atoms with Gasteiger partial charge >= 0.3 is 0 Å². The van der Waals surface area contributed by atoms with Crippen LogP contribution in [-0.2, 0) is 0 Å². The topological polar surface area (TPSA) is 88.5 Å². The minimum absolute atomic E-state index is 0.218. The molecule has 0 fully saturated rings. The lowest BCUT2D eigenvalue weighted by atomic mass is 10.1. The number of furan rings is 1. The van der Waals surface area contributed by atoms with Crippen molar-refractivity contribution in [2.24, 2.45) is 0 Å². The molecule has 6 heteroatoms. The Morgan fingerprint density at radius 3 is 2.95 bits per heavy atom. The highest BCUT2D eigenvalue weighted by atomic mass is 16.5.